The first-order chi connectivity index (χ1) is 17.0. The van der Waals surface area contributed by atoms with Crippen LogP contribution in [0, 0.1) is 0 Å². The van der Waals surface area contributed by atoms with Gasteiger partial charge in [-0.25, -0.2) is 4.68 Å². The van der Waals surface area contributed by atoms with Crippen LogP contribution in [0.2, 0.25) is 5.02 Å². The number of hydrogen-bond acceptors (Lipinski definition) is 5. The Morgan fingerprint density at radius 3 is 2.46 bits per heavy atom. The predicted molar refractivity (Wildman–Crippen MR) is 136 cm³/mol. The number of ether oxygens (including phenoxy) is 3. The minimum absolute atomic E-state index is 0.243. The van der Waals surface area contributed by atoms with Gasteiger partial charge < -0.3 is 19.5 Å². The smallest absolute Gasteiger partial charge is 0.270 e. The number of benzene rings is 3. The largest absolute Gasteiger partial charge is 0.497 e. The van der Waals surface area contributed by atoms with Crippen LogP contribution in [0.4, 0.5) is 0 Å². The third kappa shape index (κ3) is 5.58. The number of carbonyl (C=O) groups excluding carboxylic acids is 1. The van der Waals surface area contributed by atoms with Crippen LogP contribution in [0.5, 0.6) is 17.2 Å². The maximum atomic E-state index is 13.2. The summed E-state index contributed by atoms with van der Waals surface area (Å²) in [7, 11) is 4.81. The zero-order valence-corrected chi connectivity index (χ0v) is 20.5. The summed E-state index contributed by atoms with van der Waals surface area (Å²) in [6, 6.07) is 22.2. The van der Waals surface area contributed by atoms with Gasteiger partial charge in [-0.1, -0.05) is 35.9 Å². The van der Waals surface area contributed by atoms with Crippen molar-refractivity contribution < 1.29 is 19.0 Å². The molecule has 7 nitrogen and oxygen atoms in total. The van der Waals surface area contributed by atoms with Gasteiger partial charge in [0.15, 0.2) is 11.5 Å². The molecule has 0 atom stereocenters. The number of aromatic nitrogens is 2. The van der Waals surface area contributed by atoms with Crippen molar-refractivity contribution in [3.05, 3.63) is 89.1 Å². The first kappa shape index (κ1) is 24.2. The van der Waals surface area contributed by atoms with E-state index in [9.17, 15) is 4.79 Å². The summed E-state index contributed by atoms with van der Waals surface area (Å²) < 4.78 is 17.6. The van der Waals surface area contributed by atoms with E-state index in [0.29, 0.717) is 52.3 Å². The lowest BCUT2D eigenvalue weighted by atomic mass is 10.1. The quantitative estimate of drug-likeness (QED) is 0.348. The molecule has 4 aromatic rings. The van der Waals surface area contributed by atoms with Gasteiger partial charge in [-0.15, -0.1) is 0 Å². The van der Waals surface area contributed by atoms with E-state index in [0.717, 1.165) is 11.1 Å². The number of nitrogens with one attached hydrogen (secondary N) is 1. The van der Waals surface area contributed by atoms with Crippen molar-refractivity contribution in [3.63, 3.8) is 0 Å². The molecular formula is C27H26ClN3O4. The molecule has 1 N–H and O–H groups in total. The van der Waals surface area contributed by atoms with Crippen LogP contribution >= 0.6 is 11.6 Å². The first-order valence-corrected chi connectivity index (χ1v) is 11.4. The maximum absolute atomic E-state index is 13.2. The normalized spacial score (nSPS) is 10.6. The van der Waals surface area contributed by atoms with E-state index in [4.69, 9.17) is 30.9 Å². The van der Waals surface area contributed by atoms with Gasteiger partial charge in [0.25, 0.3) is 5.91 Å². The van der Waals surface area contributed by atoms with Crippen LogP contribution in [-0.4, -0.2) is 43.6 Å². The molecule has 0 saturated heterocycles. The van der Waals surface area contributed by atoms with Crippen molar-refractivity contribution in [1.29, 1.82) is 0 Å². The Kier molecular flexibility index (Phi) is 7.57. The highest BCUT2D eigenvalue weighted by molar-refractivity contribution is 6.30. The van der Waals surface area contributed by atoms with Gasteiger partial charge in [-0.3, -0.25) is 4.79 Å². The van der Waals surface area contributed by atoms with Crippen LogP contribution < -0.4 is 19.5 Å². The molecule has 0 aliphatic rings. The molecule has 0 radical (unpaired) electrons. The van der Waals surface area contributed by atoms with Crippen LogP contribution in [0.25, 0.3) is 16.9 Å². The maximum Gasteiger partial charge on any atom is 0.270 e. The van der Waals surface area contributed by atoms with E-state index in [1.165, 1.54) is 0 Å². The monoisotopic (exact) mass is 491 g/mol. The molecule has 1 heterocycles. The first-order valence-electron chi connectivity index (χ1n) is 11.0. The summed E-state index contributed by atoms with van der Waals surface area (Å²) in [6.45, 7) is 0.434. The minimum Gasteiger partial charge on any atom is -0.497 e. The second kappa shape index (κ2) is 11.0. The molecule has 0 aliphatic heterocycles. The number of nitrogens with zero attached hydrogens (tertiary/aromatic N) is 2. The molecule has 3 aromatic carbocycles. The van der Waals surface area contributed by atoms with Gasteiger partial charge in [-0.2, -0.15) is 5.10 Å². The number of rotatable bonds is 9. The third-order valence-electron chi connectivity index (χ3n) is 5.51. The molecule has 35 heavy (non-hydrogen) atoms. The van der Waals surface area contributed by atoms with E-state index < -0.39 is 0 Å². The lowest BCUT2D eigenvalue weighted by Crippen LogP contribution is -2.27. The molecular weight excluding hydrogens is 466 g/mol. The van der Waals surface area contributed by atoms with Crippen molar-refractivity contribution in [2.45, 2.75) is 6.42 Å². The van der Waals surface area contributed by atoms with Crippen molar-refractivity contribution in [1.82, 2.24) is 15.1 Å². The molecule has 180 valence electrons. The Bertz CT molecular complexity index is 1340. The van der Waals surface area contributed by atoms with Gasteiger partial charge >= 0.3 is 0 Å². The zero-order valence-electron chi connectivity index (χ0n) is 19.7. The Morgan fingerprint density at radius 2 is 1.71 bits per heavy atom. The summed E-state index contributed by atoms with van der Waals surface area (Å²) in [5, 5.41) is 8.26. The van der Waals surface area contributed by atoms with Crippen LogP contribution in [0.3, 0.4) is 0 Å². The molecule has 8 heteroatoms. The van der Waals surface area contributed by atoms with Crippen molar-refractivity contribution in [3.8, 4) is 34.2 Å². The number of carbonyl (C=O) groups is 1. The SMILES string of the molecule is COc1cccc(-c2cc(C(=O)NCCc3ccc(OC)c(OC)c3)n(-c3cccc(Cl)c3)n2)c1. The van der Waals surface area contributed by atoms with E-state index in [2.05, 4.69) is 5.32 Å². The average molecular weight is 492 g/mol. The lowest BCUT2D eigenvalue weighted by Gasteiger charge is -2.11. The Hall–Kier alpha value is -3.97. The standard InChI is InChI=1S/C27H26ClN3O4/c1-33-22-9-4-6-19(15-22)23-17-24(31(30-23)21-8-5-7-20(28)16-21)27(32)29-13-12-18-10-11-25(34-2)26(14-18)35-3/h4-11,14-17H,12-13H2,1-3H3,(H,29,32). The summed E-state index contributed by atoms with van der Waals surface area (Å²) in [6.07, 6.45) is 0.625. The van der Waals surface area contributed by atoms with Crippen LogP contribution in [-0.2, 0) is 6.42 Å². The Balaban J connectivity index is 1.58. The minimum atomic E-state index is -0.243. The van der Waals surface area contributed by atoms with E-state index in [-0.39, 0.29) is 5.91 Å². The van der Waals surface area contributed by atoms with Gasteiger partial charge in [0.2, 0.25) is 0 Å². The average Bonchev–Trinajstić information content (AvgIpc) is 3.34. The highest BCUT2D eigenvalue weighted by Crippen LogP contribution is 2.28. The van der Waals surface area contributed by atoms with Crippen LogP contribution in [0.15, 0.2) is 72.8 Å². The van der Waals surface area contributed by atoms with Gasteiger partial charge in [0.1, 0.15) is 11.4 Å². The van der Waals surface area contributed by atoms with Crippen LogP contribution in [0.1, 0.15) is 16.1 Å². The number of halogens is 1. The van der Waals surface area contributed by atoms with Crippen molar-refractivity contribution in [2.24, 2.45) is 0 Å². The number of methoxy groups -OCH3 is 3. The molecule has 0 spiro atoms. The molecule has 1 amide bonds. The molecule has 1 aromatic heterocycles. The molecule has 0 bridgehead atoms. The van der Waals surface area contributed by atoms with Gasteiger partial charge in [0.05, 0.1) is 32.7 Å². The Labute approximate surface area is 209 Å². The topological polar surface area (TPSA) is 74.6 Å². The highest BCUT2D eigenvalue weighted by atomic mass is 35.5. The molecule has 0 saturated carbocycles. The number of hydrogen-bond donors (Lipinski definition) is 1. The molecule has 0 unspecified atom stereocenters. The van der Waals surface area contributed by atoms with E-state index in [1.54, 1.807) is 44.2 Å². The fourth-order valence-electron chi connectivity index (χ4n) is 3.72. The highest BCUT2D eigenvalue weighted by Gasteiger charge is 2.18. The van der Waals surface area contributed by atoms with Gasteiger partial charge in [-0.05, 0) is 60.5 Å². The predicted octanol–water partition coefficient (Wildman–Crippen LogP) is 5.19. The number of amides is 1. The molecule has 0 fully saturated rings. The summed E-state index contributed by atoms with van der Waals surface area (Å²) in [4.78, 5) is 13.2. The lowest BCUT2D eigenvalue weighted by molar-refractivity contribution is 0.0946. The summed E-state index contributed by atoms with van der Waals surface area (Å²) in [5.74, 6) is 1.78. The van der Waals surface area contributed by atoms with E-state index >= 15 is 0 Å². The fourth-order valence-corrected chi connectivity index (χ4v) is 3.90. The second-order valence-electron chi connectivity index (χ2n) is 7.73. The Morgan fingerprint density at radius 1 is 0.914 bits per heavy atom. The fraction of sp³-hybridized carbons (Fsp3) is 0.185. The summed E-state index contributed by atoms with van der Waals surface area (Å²) >= 11 is 6.21. The van der Waals surface area contributed by atoms with Crippen molar-refractivity contribution in [2.75, 3.05) is 27.9 Å². The second-order valence-corrected chi connectivity index (χ2v) is 8.17. The zero-order chi connectivity index (χ0) is 24.8. The van der Waals surface area contributed by atoms with Crippen molar-refractivity contribution >= 4 is 17.5 Å². The van der Waals surface area contributed by atoms with Gasteiger partial charge in [0, 0.05) is 17.1 Å². The third-order valence-corrected chi connectivity index (χ3v) is 5.74. The molecule has 4 rings (SSSR count). The molecule has 0 aliphatic carbocycles. The summed E-state index contributed by atoms with van der Waals surface area (Å²) in [5.41, 5.74) is 3.59. The van der Waals surface area contributed by atoms with E-state index in [1.807, 2.05) is 54.6 Å².